The average Bonchev–Trinajstić information content (AvgIpc) is 3.01. The average molecular weight is 232 g/mol. The summed E-state index contributed by atoms with van der Waals surface area (Å²) in [6.45, 7) is 2.22. The number of epoxide rings is 1. The van der Waals surface area contributed by atoms with Gasteiger partial charge in [0.1, 0.15) is 11.7 Å². The van der Waals surface area contributed by atoms with E-state index in [2.05, 4.69) is 55.5 Å². The standard InChI is InChI=1S/C17H12O/c1-17-15-12-7-3-2-5-10(12)9-11-6-4-8-13(14(11)15)16(17)18-17/h2-9,16H,1H3/t16-,17?/m0/s1. The second kappa shape index (κ2) is 2.60. The van der Waals surface area contributed by atoms with Gasteiger partial charge < -0.3 is 4.74 Å². The molecule has 1 fully saturated rings. The molecule has 1 aliphatic carbocycles. The van der Waals surface area contributed by atoms with Gasteiger partial charge in [-0.2, -0.15) is 0 Å². The molecule has 1 aliphatic heterocycles. The molecule has 5 rings (SSSR count). The summed E-state index contributed by atoms with van der Waals surface area (Å²) < 4.78 is 5.97. The van der Waals surface area contributed by atoms with E-state index in [4.69, 9.17) is 4.74 Å². The van der Waals surface area contributed by atoms with Gasteiger partial charge in [0.2, 0.25) is 0 Å². The lowest BCUT2D eigenvalue weighted by Crippen LogP contribution is -2.00. The Balaban J connectivity index is 2.13. The summed E-state index contributed by atoms with van der Waals surface area (Å²) in [5.74, 6) is 0. The van der Waals surface area contributed by atoms with E-state index >= 15 is 0 Å². The van der Waals surface area contributed by atoms with E-state index < -0.39 is 0 Å². The van der Waals surface area contributed by atoms with Gasteiger partial charge in [0.05, 0.1) is 0 Å². The highest BCUT2D eigenvalue weighted by Crippen LogP contribution is 2.66. The molecule has 2 aliphatic rings. The van der Waals surface area contributed by atoms with Gasteiger partial charge in [-0.25, -0.2) is 0 Å². The number of rotatable bonds is 0. The predicted octanol–water partition coefficient (Wildman–Crippen LogP) is 4.29. The van der Waals surface area contributed by atoms with Crippen LogP contribution in [0.5, 0.6) is 0 Å². The lowest BCUT2D eigenvalue weighted by Gasteiger charge is -2.12. The molecule has 1 saturated heterocycles. The quantitative estimate of drug-likeness (QED) is 0.416. The third-order valence-electron chi connectivity index (χ3n) is 4.50. The molecule has 0 saturated carbocycles. The molecule has 1 heterocycles. The second-order valence-electron chi connectivity index (χ2n) is 5.52. The van der Waals surface area contributed by atoms with Crippen LogP contribution in [0.3, 0.4) is 0 Å². The second-order valence-corrected chi connectivity index (χ2v) is 5.52. The van der Waals surface area contributed by atoms with Crippen molar-refractivity contribution in [2.24, 2.45) is 0 Å². The molecule has 3 aromatic rings. The summed E-state index contributed by atoms with van der Waals surface area (Å²) >= 11 is 0. The van der Waals surface area contributed by atoms with Crippen LogP contribution in [0.25, 0.3) is 21.5 Å². The number of hydrogen-bond donors (Lipinski definition) is 0. The monoisotopic (exact) mass is 232 g/mol. The van der Waals surface area contributed by atoms with Crippen LogP contribution in [-0.4, -0.2) is 0 Å². The molecule has 2 atom stereocenters. The zero-order chi connectivity index (χ0) is 11.9. The van der Waals surface area contributed by atoms with Gasteiger partial charge in [0.15, 0.2) is 0 Å². The van der Waals surface area contributed by atoms with Gasteiger partial charge in [0, 0.05) is 5.56 Å². The van der Waals surface area contributed by atoms with Crippen molar-refractivity contribution in [2.45, 2.75) is 18.6 Å². The highest BCUT2D eigenvalue weighted by atomic mass is 16.6. The van der Waals surface area contributed by atoms with E-state index in [-0.39, 0.29) is 11.7 Å². The summed E-state index contributed by atoms with van der Waals surface area (Å²) in [6, 6.07) is 17.5. The minimum Gasteiger partial charge on any atom is -0.356 e. The van der Waals surface area contributed by atoms with Crippen LogP contribution in [0.15, 0.2) is 48.5 Å². The van der Waals surface area contributed by atoms with Crippen molar-refractivity contribution < 1.29 is 4.74 Å². The highest BCUT2D eigenvalue weighted by molar-refractivity contribution is 6.07. The van der Waals surface area contributed by atoms with Crippen molar-refractivity contribution in [3.05, 3.63) is 59.7 Å². The summed E-state index contributed by atoms with van der Waals surface area (Å²) in [5.41, 5.74) is 2.69. The molecule has 0 amide bonds. The molecule has 1 nitrogen and oxygen atoms in total. The number of benzene rings is 3. The zero-order valence-electron chi connectivity index (χ0n) is 10.1. The Labute approximate surface area is 105 Å². The topological polar surface area (TPSA) is 12.5 Å². The van der Waals surface area contributed by atoms with Gasteiger partial charge >= 0.3 is 0 Å². The molecule has 1 heteroatoms. The van der Waals surface area contributed by atoms with Crippen LogP contribution >= 0.6 is 0 Å². The van der Waals surface area contributed by atoms with E-state index in [1.54, 1.807) is 0 Å². The lowest BCUT2D eigenvalue weighted by atomic mass is 9.93. The van der Waals surface area contributed by atoms with E-state index in [1.165, 1.54) is 32.7 Å². The van der Waals surface area contributed by atoms with Crippen molar-refractivity contribution in [3.63, 3.8) is 0 Å². The van der Waals surface area contributed by atoms with Gasteiger partial charge in [-0.3, -0.25) is 0 Å². The van der Waals surface area contributed by atoms with E-state index in [0.717, 1.165) is 0 Å². The maximum atomic E-state index is 5.97. The summed E-state index contributed by atoms with van der Waals surface area (Å²) in [5, 5.41) is 5.43. The Kier molecular flexibility index (Phi) is 1.32. The van der Waals surface area contributed by atoms with Crippen molar-refractivity contribution in [3.8, 4) is 0 Å². The van der Waals surface area contributed by atoms with E-state index in [0.29, 0.717) is 0 Å². The number of hydrogen-bond acceptors (Lipinski definition) is 1. The first kappa shape index (κ1) is 9.12. The van der Waals surface area contributed by atoms with Crippen LogP contribution < -0.4 is 0 Å². The van der Waals surface area contributed by atoms with Crippen molar-refractivity contribution in [1.29, 1.82) is 0 Å². The Hall–Kier alpha value is -1.86. The fourth-order valence-corrected chi connectivity index (χ4v) is 3.65. The minimum atomic E-state index is -0.0806. The number of ether oxygens (including phenoxy) is 1. The van der Waals surface area contributed by atoms with Crippen molar-refractivity contribution >= 4 is 21.5 Å². The van der Waals surface area contributed by atoms with Gasteiger partial charge in [-0.15, -0.1) is 0 Å². The summed E-state index contributed by atoms with van der Waals surface area (Å²) in [4.78, 5) is 0. The molecular weight excluding hydrogens is 220 g/mol. The van der Waals surface area contributed by atoms with Crippen molar-refractivity contribution in [2.75, 3.05) is 0 Å². The fourth-order valence-electron chi connectivity index (χ4n) is 3.65. The molecule has 86 valence electrons. The molecule has 0 radical (unpaired) electrons. The SMILES string of the molecule is CC12O[C@H]1c1cccc3cc4ccccc4c2c13. The van der Waals surface area contributed by atoms with Crippen LogP contribution in [-0.2, 0) is 10.3 Å². The van der Waals surface area contributed by atoms with E-state index in [1.807, 2.05) is 0 Å². The Morgan fingerprint density at radius 1 is 1.00 bits per heavy atom. The molecule has 0 spiro atoms. The Morgan fingerprint density at radius 2 is 1.83 bits per heavy atom. The van der Waals surface area contributed by atoms with Crippen LogP contribution in [0.1, 0.15) is 24.2 Å². The molecule has 3 aromatic carbocycles. The minimum absolute atomic E-state index is 0.0806. The summed E-state index contributed by atoms with van der Waals surface area (Å²) in [7, 11) is 0. The van der Waals surface area contributed by atoms with Crippen molar-refractivity contribution in [1.82, 2.24) is 0 Å². The first-order valence-corrected chi connectivity index (χ1v) is 6.42. The van der Waals surface area contributed by atoms with E-state index in [9.17, 15) is 0 Å². The van der Waals surface area contributed by atoms with Crippen LogP contribution in [0.4, 0.5) is 0 Å². The smallest absolute Gasteiger partial charge is 0.123 e. The third-order valence-corrected chi connectivity index (χ3v) is 4.50. The van der Waals surface area contributed by atoms with Gasteiger partial charge in [-0.05, 0) is 40.1 Å². The maximum absolute atomic E-state index is 5.97. The van der Waals surface area contributed by atoms with Crippen LogP contribution in [0, 0.1) is 0 Å². The summed E-state index contributed by atoms with van der Waals surface area (Å²) in [6.07, 6.45) is 0.280. The van der Waals surface area contributed by atoms with Gasteiger partial charge in [0.25, 0.3) is 0 Å². The maximum Gasteiger partial charge on any atom is 0.123 e. The largest absolute Gasteiger partial charge is 0.356 e. The Bertz CT molecular complexity index is 834. The van der Waals surface area contributed by atoms with Crippen LogP contribution in [0.2, 0.25) is 0 Å². The zero-order valence-corrected chi connectivity index (χ0v) is 10.1. The fraction of sp³-hybridized carbons (Fsp3) is 0.176. The first-order chi connectivity index (χ1) is 8.79. The van der Waals surface area contributed by atoms with Gasteiger partial charge in [-0.1, -0.05) is 42.5 Å². The normalized spacial score (nSPS) is 27.7. The highest BCUT2D eigenvalue weighted by Gasteiger charge is 2.60. The molecule has 0 aromatic heterocycles. The molecular formula is C17H12O. The molecule has 0 N–H and O–H groups in total. The molecule has 0 bridgehead atoms. The molecule has 18 heavy (non-hydrogen) atoms. The Morgan fingerprint density at radius 3 is 2.78 bits per heavy atom. The third kappa shape index (κ3) is 0.833. The predicted molar refractivity (Wildman–Crippen MR) is 72.6 cm³/mol. The number of fused-ring (bicyclic) bond motifs is 5. The first-order valence-electron chi connectivity index (χ1n) is 6.42. The molecule has 1 unspecified atom stereocenters. The lowest BCUT2D eigenvalue weighted by molar-refractivity contribution is 0.312.